The molecule has 9 heteroatoms. The maximum Gasteiger partial charge on any atom is 0.246 e. The molecule has 1 aliphatic carbocycles. The third-order valence-electron chi connectivity index (χ3n) is 5.43. The van der Waals surface area contributed by atoms with Gasteiger partial charge in [-0.15, -0.1) is 5.10 Å². The molecule has 1 aliphatic rings. The molecule has 1 amide bonds. The number of hydrogen-bond donors (Lipinski definition) is 0. The number of rotatable bonds is 7. The number of anilines is 2. The average molecular weight is 452 g/mol. The Labute approximate surface area is 181 Å². The van der Waals surface area contributed by atoms with Crippen LogP contribution >= 0.6 is 11.6 Å². The van der Waals surface area contributed by atoms with Crippen molar-refractivity contribution in [2.75, 3.05) is 11.2 Å². The van der Waals surface area contributed by atoms with Gasteiger partial charge in [0.05, 0.1) is 15.6 Å². The lowest BCUT2D eigenvalue weighted by Crippen LogP contribution is -2.27. The minimum Gasteiger partial charge on any atom is -0.274 e. The number of hydrogen-bond acceptors (Lipinski definition) is 5. The van der Waals surface area contributed by atoms with Crippen molar-refractivity contribution in [2.45, 2.75) is 56.8 Å². The van der Waals surface area contributed by atoms with Crippen LogP contribution in [0.25, 0.3) is 0 Å². The van der Waals surface area contributed by atoms with Crippen molar-refractivity contribution in [1.82, 2.24) is 9.78 Å². The molecule has 1 heterocycles. The molecule has 2 aromatic rings. The molecule has 0 N–H and O–H groups in total. The summed E-state index contributed by atoms with van der Waals surface area (Å²) in [5, 5.41) is 4.31. The van der Waals surface area contributed by atoms with E-state index < -0.39 is 9.84 Å². The third kappa shape index (κ3) is 5.10. The summed E-state index contributed by atoms with van der Waals surface area (Å²) in [6, 6.07) is 5.97. The van der Waals surface area contributed by atoms with Crippen molar-refractivity contribution in [1.29, 1.82) is 0 Å². The Morgan fingerprint density at radius 1 is 1.23 bits per heavy atom. The zero-order chi connectivity index (χ0) is 21.9. The highest BCUT2D eigenvalue weighted by atomic mass is 35.5. The Morgan fingerprint density at radius 2 is 1.93 bits per heavy atom. The van der Waals surface area contributed by atoms with Crippen LogP contribution in [0.4, 0.5) is 11.5 Å². The van der Waals surface area contributed by atoms with Gasteiger partial charge < -0.3 is 0 Å². The number of aromatic nitrogens is 2. The monoisotopic (exact) mass is 451 g/mol. The van der Waals surface area contributed by atoms with Crippen LogP contribution in [0.2, 0.25) is 5.02 Å². The smallest absolute Gasteiger partial charge is 0.246 e. The van der Waals surface area contributed by atoms with Crippen LogP contribution in [0.3, 0.4) is 0 Å². The molecule has 0 radical (unpaired) electrons. The highest BCUT2D eigenvalue weighted by Gasteiger charge is 2.25. The van der Waals surface area contributed by atoms with Gasteiger partial charge in [0.2, 0.25) is 11.8 Å². The molecular weight excluding hydrogens is 426 g/mol. The van der Waals surface area contributed by atoms with E-state index in [1.165, 1.54) is 46.8 Å². The van der Waals surface area contributed by atoms with Crippen LogP contribution < -0.4 is 4.90 Å². The molecule has 0 saturated heterocycles. The number of carbonyl (C=O) groups is 2. The van der Waals surface area contributed by atoms with Gasteiger partial charge in [0.25, 0.3) is 0 Å². The van der Waals surface area contributed by atoms with Gasteiger partial charge in [-0.1, -0.05) is 44.2 Å². The van der Waals surface area contributed by atoms with Crippen molar-refractivity contribution in [3.05, 3.63) is 35.5 Å². The van der Waals surface area contributed by atoms with Gasteiger partial charge in [0.15, 0.2) is 15.7 Å². The van der Waals surface area contributed by atoms with Gasteiger partial charge >= 0.3 is 0 Å². The lowest BCUT2D eigenvalue weighted by Gasteiger charge is -2.22. The molecule has 0 atom stereocenters. The number of carbonyl (C=O) groups excluding carboxylic acids is 2. The second-order valence-corrected chi connectivity index (χ2v) is 10.1. The van der Waals surface area contributed by atoms with Crippen LogP contribution in [-0.4, -0.2) is 36.3 Å². The quantitative estimate of drug-likeness (QED) is 0.612. The van der Waals surface area contributed by atoms with Gasteiger partial charge in [0, 0.05) is 31.4 Å². The number of benzene rings is 1. The van der Waals surface area contributed by atoms with Crippen molar-refractivity contribution in [3.63, 3.8) is 0 Å². The van der Waals surface area contributed by atoms with Crippen LogP contribution in [-0.2, 0) is 14.6 Å². The summed E-state index contributed by atoms with van der Waals surface area (Å²) in [6.45, 7) is 1.73. The second-order valence-electron chi connectivity index (χ2n) is 7.67. The largest absolute Gasteiger partial charge is 0.274 e. The molecule has 0 unspecified atom stereocenters. The zero-order valence-corrected chi connectivity index (χ0v) is 18.7. The van der Waals surface area contributed by atoms with Gasteiger partial charge in [-0.05, 0) is 30.5 Å². The standard InChI is InChI=1S/C21H26ClN3O4S/c1-3-20(26)24-13-12-19(23-24)25(21(27)11-8-15-6-4-5-7-15)16-9-10-18(17(22)14-16)30(2,28)29/h9-10,12-15H,3-8,11H2,1-2H3. The minimum absolute atomic E-state index is 0.00189. The summed E-state index contributed by atoms with van der Waals surface area (Å²) in [5.41, 5.74) is 0.415. The Bertz CT molecular complexity index is 1040. The fourth-order valence-electron chi connectivity index (χ4n) is 3.81. The molecule has 1 saturated carbocycles. The number of nitrogens with zero attached hydrogens (tertiary/aromatic N) is 3. The molecule has 7 nitrogen and oxygen atoms in total. The summed E-state index contributed by atoms with van der Waals surface area (Å²) in [6.07, 6.45) is 8.70. The van der Waals surface area contributed by atoms with E-state index in [0.717, 1.165) is 25.5 Å². The normalized spacial score (nSPS) is 14.8. The molecule has 1 aromatic heterocycles. The van der Waals surface area contributed by atoms with Crippen LogP contribution in [0.15, 0.2) is 35.4 Å². The summed E-state index contributed by atoms with van der Waals surface area (Å²) in [4.78, 5) is 26.6. The first-order chi connectivity index (χ1) is 14.2. The van der Waals surface area contributed by atoms with E-state index >= 15 is 0 Å². The number of amides is 1. The first-order valence-electron chi connectivity index (χ1n) is 10.1. The highest BCUT2D eigenvalue weighted by molar-refractivity contribution is 7.90. The minimum atomic E-state index is -3.49. The Morgan fingerprint density at radius 3 is 2.53 bits per heavy atom. The summed E-state index contributed by atoms with van der Waals surface area (Å²) in [7, 11) is -3.49. The maximum absolute atomic E-state index is 13.2. The fraction of sp³-hybridized carbons (Fsp3) is 0.476. The summed E-state index contributed by atoms with van der Waals surface area (Å²) < 4.78 is 25.0. The molecule has 0 bridgehead atoms. The maximum atomic E-state index is 13.2. The van der Waals surface area contributed by atoms with E-state index in [0.29, 0.717) is 23.8 Å². The first kappa shape index (κ1) is 22.5. The van der Waals surface area contributed by atoms with E-state index in [1.54, 1.807) is 13.0 Å². The molecule has 30 heavy (non-hydrogen) atoms. The molecule has 1 aromatic carbocycles. The predicted octanol–water partition coefficient (Wildman–Crippen LogP) is 4.63. The third-order valence-corrected chi connectivity index (χ3v) is 7.01. The highest BCUT2D eigenvalue weighted by Crippen LogP contribution is 2.33. The van der Waals surface area contributed by atoms with Gasteiger partial charge in [0.1, 0.15) is 0 Å². The number of halogens is 1. The fourth-order valence-corrected chi connectivity index (χ4v) is 5.13. The Hall–Kier alpha value is -2.19. The van der Waals surface area contributed by atoms with E-state index in [1.807, 2.05) is 0 Å². The van der Waals surface area contributed by atoms with Crippen LogP contribution in [0.1, 0.15) is 56.7 Å². The van der Waals surface area contributed by atoms with Gasteiger partial charge in [-0.2, -0.15) is 0 Å². The van der Waals surface area contributed by atoms with Crippen molar-refractivity contribution >= 4 is 44.8 Å². The Balaban J connectivity index is 1.94. The van der Waals surface area contributed by atoms with Crippen LogP contribution in [0.5, 0.6) is 0 Å². The number of sulfone groups is 1. The van der Waals surface area contributed by atoms with E-state index in [4.69, 9.17) is 11.6 Å². The van der Waals surface area contributed by atoms with Crippen molar-refractivity contribution in [3.8, 4) is 0 Å². The summed E-state index contributed by atoms with van der Waals surface area (Å²) >= 11 is 6.21. The van der Waals surface area contributed by atoms with Crippen molar-refractivity contribution < 1.29 is 18.0 Å². The average Bonchev–Trinajstić information content (AvgIpc) is 3.37. The second kappa shape index (κ2) is 9.31. The molecule has 162 valence electrons. The SMILES string of the molecule is CCC(=O)n1ccc(N(C(=O)CCC2CCCC2)c2ccc(S(C)(=O)=O)c(Cl)c2)n1. The zero-order valence-electron chi connectivity index (χ0n) is 17.2. The molecule has 0 spiro atoms. The van der Waals surface area contributed by atoms with Crippen LogP contribution in [0, 0.1) is 5.92 Å². The molecule has 0 aliphatic heterocycles. The lowest BCUT2D eigenvalue weighted by molar-refractivity contribution is -0.118. The molecule has 1 fully saturated rings. The topological polar surface area (TPSA) is 89.3 Å². The lowest BCUT2D eigenvalue weighted by atomic mass is 10.0. The van der Waals surface area contributed by atoms with E-state index in [2.05, 4.69) is 5.10 Å². The van der Waals surface area contributed by atoms with Crippen molar-refractivity contribution in [2.24, 2.45) is 5.92 Å². The van der Waals surface area contributed by atoms with Gasteiger partial charge in [-0.3, -0.25) is 14.5 Å². The van der Waals surface area contributed by atoms with E-state index in [-0.39, 0.29) is 28.2 Å². The molecular formula is C21H26ClN3O4S. The van der Waals surface area contributed by atoms with E-state index in [9.17, 15) is 18.0 Å². The first-order valence-corrected chi connectivity index (χ1v) is 12.4. The Kier molecular flexibility index (Phi) is 6.98. The molecule has 3 rings (SSSR count). The summed E-state index contributed by atoms with van der Waals surface area (Å²) in [5.74, 6) is 0.493. The van der Waals surface area contributed by atoms with Gasteiger partial charge in [-0.25, -0.2) is 13.1 Å². The predicted molar refractivity (Wildman–Crippen MR) is 116 cm³/mol.